The molecule has 0 aromatic heterocycles. The van der Waals surface area contributed by atoms with Crippen molar-refractivity contribution in [2.75, 3.05) is 39.4 Å². The van der Waals surface area contributed by atoms with Gasteiger partial charge in [0.15, 0.2) is 0 Å². The van der Waals surface area contributed by atoms with E-state index in [2.05, 4.69) is 5.32 Å². The van der Waals surface area contributed by atoms with Gasteiger partial charge in [-0.3, -0.25) is 4.79 Å². The maximum atomic E-state index is 12.4. The fourth-order valence-corrected chi connectivity index (χ4v) is 3.01. The lowest BCUT2D eigenvalue weighted by atomic mass is 9.98. The second-order valence-corrected chi connectivity index (χ2v) is 5.20. The van der Waals surface area contributed by atoms with Crippen molar-refractivity contribution in [3.63, 3.8) is 0 Å². The van der Waals surface area contributed by atoms with Crippen LogP contribution in [0.15, 0.2) is 0 Å². The van der Waals surface area contributed by atoms with Crippen LogP contribution in [0.5, 0.6) is 0 Å². The van der Waals surface area contributed by atoms with Crippen LogP contribution in [0.4, 0.5) is 4.79 Å². The molecule has 0 radical (unpaired) electrons. The molecule has 0 aromatic carbocycles. The number of fused-ring (bicyclic) bond motifs is 1. The molecule has 0 aliphatic carbocycles. The Kier molecular flexibility index (Phi) is 3.11. The van der Waals surface area contributed by atoms with Gasteiger partial charge in [0.05, 0.1) is 6.04 Å². The molecule has 0 aromatic rings. The minimum atomic E-state index is 0.0122. The van der Waals surface area contributed by atoms with Gasteiger partial charge in [0.25, 0.3) is 0 Å². The third-order valence-corrected chi connectivity index (χ3v) is 4.11. The van der Waals surface area contributed by atoms with Crippen LogP contribution < -0.4 is 5.32 Å². The Labute approximate surface area is 106 Å². The number of piperazine rings is 1. The van der Waals surface area contributed by atoms with Crippen molar-refractivity contribution in [2.24, 2.45) is 5.92 Å². The van der Waals surface area contributed by atoms with Crippen molar-refractivity contribution >= 4 is 11.9 Å². The standard InChI is InChI=1S/C12H19N3O3/c16-11(9-1-5-18-6-2-9)14-3-4-15-10(8-14)7-13-12(15)17/h9-10H,1-8H2,(H,13,17)/t10-/m0/s1. The highest BCUT2D eigenvalue weighted by molar-refractivity contribution is 5.81. The fraction of sp³-hybridized carbons (Fsp3) is 0.833. The van der Waals surface area contributed by atoms with Crippen LogP contribution >= 0.6 is 0 Å². The normalized spacial score (nSPS) is 29.1. The maximum absolute atomic E-state index is 12.4. The van der Waals surface area contributed by atoms with E-state index in [0.29, 0.717) is 39.4 Å². The van der Waals surface area contributed by atoms with E-state index in [0.717, 1.165) is 12.8 Å². The summed E-state index contributed by atoms with van der Waals surface area (Å²) in [6, 6.07) is 0.174. The van der Waals surface area contributed by atoms with Crippen molar-refractivity contribution < 1.29 is 14.3 Å². The molecular weight excluding hydrogens is 234 g/mol. The lowest BCUT2D eigenvalue weighted by molar-refractivity contribution is -0.140. The Morgan fingerprint density at radius 3 is 2.83 bits per heavy atom. The fourth-order valence-electron chi connectivity index (χ4n) is 3.01. The summed E-state index contributed by atoms with van der Waals surface area (Å²) in [5.74, 6) is 0.368. The van der Waals surface area contributed by atoms with Crippen LogP contribution in [0.25, 0.3) is 0 Å². The molecule has 1 atom stereocenters. The summed E-state index contributed by atoms with van der Waals surface area (Å²) in [6.45, 7) is 4.05. The van der Waals surface area contributed by atoms with Crippen LogP contribution in [0.3, 0.4) is 0 Å². The van der Waals surface area contributed by atoms with Gasteiger partial charge in [0, 0.05) is 45.3 Å². The van der Waals surface area contributed by atoms with Gasteiger partial charge in [-0.25, -0.2) is 4.79 Å². The largest absolute Gasteiger partial charge is 0.381 e. The van der Waals surface area contributed by atoms with E-state index in [1.54, 1.807) is 0 Å². The van der Waals surface area contributed by atoms with Crippen LogP contribution in [-0.2, 0) is 9.53 Å². The molecule has 6 heteroatoms. The minimum absolute atomic E-state index is 0.0122. The molecule has 3 amide bonds. The smallest absolute Gasteiger partial charge is 0.317 e. The van der Waals surface area contributed by atoms with Crippen molar-refractivity contribution in [1.29, 1.82) is 0 Å². The lowest BCUT2D eigenvalue weighted by Crippen LogP contribution is -2.55. The number of carbonyl (C=O) groups is 2. The van der Waals surface area contributed by atoms with E-state index in [1.807, 2.05) is 9.80 Å². The Balaban J connectivity index is 1.60. The van der Waals surface area contributed by atoms with E-state index in [1.165, 1.54) is 0 Å². The number of hydrogen-bond acceptors (Lipinski definition) is 3. The van der Waals surface area contributed by atoms with Gasteiger partial charge in [0.1, 0.15) is 0 Å². The van der Waals surface area contributed by atoms with Crippen LogP contribution in [-0.4, -0.2) is 67.2 Å². The number of nitrogens with one attached hydrogen (secondary N) is 1. The zero-order chi connectivity index (χ0) is 12.5. The first-order chi connectivity index (χ1) is 8.75. The molecule has 6 nitrogen and oxygen atoms in total. The average Bonchev–Trinajstić information content (AvgIpc) is 2.80. The molecule has 3 fully saturated rings. The molecule has 0 bridgehead atoms. The first-order valence-electron chi connectivity index (χ1n) is 6.66. The quantitative estimate of drug-likeness (QED) is 0.695. The van der Waals surface area contributed by atoms with Gasteiger partial charge < -0.3 is 19.9 Å². The summed E-state index contributed by atoms with van der Waals surface area (Å²) in [6.07, 6.45) is 1.67. The van der Waals surface area contributed by atoms with Crippen molar-refractivity contribution in [3.05, 3.63) is 0 Å². The Morgan fingerprint density at radius 1 is 1.28 bits per heavy atom. The van der Waals surface area contributed by atoms with Crippen LogP contribution in [0, 0.1) is 5.92 Å². The van der Waals surface area contributed by atoms with Gasteiger partial charge in [-0.1, -0.05) is 0 Å². The molecule has 3 aliphatic heterocycles. The zero-order valence-electron chi connectivity index (χ0n) is 10.4. The summed E-state index contributed by atoms with van der Waals surface area (Å²) < 4.78 is 5.29. The zero-order valence-corrected chi connectivity index (χ0v) is 10.4. The second kappa shape index (κ2) is 4.76. The molecule has 0 saturated carbocycles. The van der Waals surface area contributed by atoms with Gasteiger partial charge in [-0.15, -0.1) is 0 Å². The number of hydrogen-bond donors (Lipinski definition) is 1. The first-order valence-corrected chi connectivity index (χ1v) is 6.66. The van der Waals surface area contributed by atoms with Crippen LogP contribution in [0.1, 0.15) is 12.8 Å². The number of urea groups is 1. The van der Waals surface area contributed by atoms with Gasteiger partial charge in [-0.05, 0) is 12.8 Å². The first kappa shape index (κ1) is 11.8. The molecule has 1 N–H and O–H groups in total. The maximum Gasteiger partial charge on any atom is 0.317 e. The predicted octanol–water partition coefficient (Wildman–Crippen LogP) is -0.351. The van der Waals surface area contributed by atoms with Gasteiger partial charge in [0.2, 0.25) is 5.91 Å². The van der Waals surface area contributed by atoms with E-state index in [4.69, 9.17) is 4.74 Å². The third-order valence-electron chi connectivity index (χ3n) is 4.11. The van der Waals surface area contributed by atoms with E-state index < -0.39 is 0 Å². The van der Waals surface area contributed by atoms with Crippen LogP contribution in [0.2, 0.25) is 0 Å². The molecule has 0 spiro atoms. The Bertz CT molecular complexity index is 354. The summed E-state index contributed by atoms with van der Waals surface area (Å²) in [5, 5.41) is 2.83. The third kappa shape index (κ3) is 2.05. The molecule has 3 aliphatic rings. The monoisotopic (exact) mass is 253 g/mol. The lowest BCUT2D eigenvalue weighted by Gasteiger charge is -2.38. The number of carbonyl (C=O) groups excluding carboxylic acids is 2. The highest BCUT2D eigenvalue weighted by Gasteiger charge is 2.38. The molecule has 18 heavy (non-hydrogen) atoms. The number of nitrogens with zero attached hydrogens (tertiary/aromatic N) is 2. The van der Waals surface area contributed by atoms with Crippen molar-refractivity contribution in [3.8, 4) is 0 Å². The number of rotatable bonds is 1. The number of amides is 3. The topological polar surface area (TPSA) is 61.9 Å². The predicted molar refractivity (Wildman–Crippen MR) is 64.0 cm³/mol. The molecule has 3 saturated heterocycles. The Hall–Kier alpha value is -1.30. The molecule has 3 heterocycles. The SMILES string of the molecule is O=C(C1CCOCC1)N1CCN2C(=O)NC[C@H]2C1. The van der Waals surface area contributed by atoms with E-state index in [9.17, 15) is 9.59 Å². The average molecular weight is 253 g/mol. The van der Waals surface area contributed by atoms with Crippen molar-refractivity contribution in [2.45, 2.75) is 18.9 Å². The van der Waals surface area contributed by atoms with Gasteiger partial charge >= 0.3 is 6.03 Å². The summed E-state index contributed by atoms with van der Waals surface area (Å²) in [5.41, 5.74) is 0. The highest BCUT2D eigenvalue weighted by atomic mass is 16.5. The highest BCUT2D eigenvalue weighted by Crippen LogP contribution is 2.21. The summed E-state index contributed by atoms with van der Waals surface area (Å²) in [7, 11) is 0. The molecular formula is C12H19N3O3. The number of ether oxygens (including phenoxy) is 1. The van der Waals surface area contributed by atoms with Crippen molar-refractivity contribution in [1.82, 2.24) is 15.1 Å². The van der Waals surface area contributed by atoms with E-state index >= 15 is 0 Å². The summed E-state index contributed by atoms with van der Waals surface area (Å²) >= 11 is 0. The Morgan fingerprint density at radius 2 is 2.06 bits per heavy atom. The molecule has 100 valence electrons. The molecule has 0 unspecified atom stereocenters. The summed E-state index contributed by atoms with van der Waals surface area (Å²) in [4.78, 5) is 27.6. The van der Waals surface area contributed by atoms with Gasteiger partial charge in [-0.2, -0.15) is 0 Å². The van der Waals surface area contributed by atoms with E-state index in [-0.39, 0.29) is 23.9 Å². The second-order valence-electron chi connectivity index (χ2n) is 5.20. The minimum Gasteiger partial charge on any atom is -0.381 e. The molecule has 3 rings (SSSR count).